The molecule has 0 saturated carbocycles. The van der Waals surface area contributed by atoms with Crippen molar-refractivity contribution in [2.75, 3.05) is 0 Å². The molecular weight excluding hydrogens is 370 g/mol. The summed E-state index contributed by atoms with van der Waals surface area (Å²) in [6.07, 6.45) is 1.56. The van der Waals surface area contributed by atoms with E-state index in [-0.39, 0.29) is 5.56 Å². The zero-order valence-corrected chi connectivity index (χ0v) is 17.3. The molecule has 3 aromatic carbocycles. The highest BCUT2D eigenvalue weighted by molar-refractivity contribution is 7.04. The van der Waals surface area contributed by atoms with Gasteiger partial charge in [0.1, 0.15) is 19.2 Å². The molecule has 0 fully saturated rings. The molecule has 0 unspecified atom stereocenters. The normalized spacial score (nSPS) is 16.3. The summed E-state index contributed by atoms with van der Waals surface area (Å²) in [6.45, 7) is 2.60. The molecule has 2 aromatic heterocycles. The number of nitrogens with zero attached hydrogens (tertiary/aromatic N) is 1. The van der Waals surface area contributed by atoms with Crippen LogP contribution in [0.2, 0.25) is 13.1 Å². The van der Waals surface area contributed by atoms with Gasteiger partial charge in [0.2, 0.25) is 0 Å². The minimum Gasteiger partial charge on any atom is -0.455 e. The van der Waals surface area contributed by atoms with Crippen LogP contribution in [0.5, 0.6) is 0 Å². The van der Waals surface area contributed by atoms with E-state index in [2.05, 4.69) is 60.5 Å². The third-order valence-corrected chi connectivity index (χ3v) is 9.79. The van der Waals surface area contributed by atoms with E-state index in [1.54, 1.807) is 18.3 Å². The molecule has 1 aliphatic rings. The molecule has 3 heteroatoms. The Bertz CT molecular complexity index is 1550. The van der Waals surface area contributed by atoms with Crippen LogP contribution in [0.4, 0.5) is 0 Å². The molecule has 3 heterocycles. The summed E-state index contributed by atoms with van der Waals surface area (Å²) >= 11 is 0. The summed E-state index contributed by atoms with van der Waals surface area (Å²) in [5.41, 5.74) is 5.82. The third-order valence-electron chi connectivity index (χ3n) is 6.25. The maximum absolute atomic E-state index is 7.76. The van der Waals surface area contributed by atoms with Gasteiger partial charge in [-0.05, 0) is 46.6 Å². The summed E-state index contributed by atoms with van der Waals surface area (Å²) in [7, 11) is -1.79. The standard InChI is InChI=1S/C26H21NOSi/c1-16-13-14-27-21(15-16)19-9-6-8-17-18-11-12-23-24(26(18)28-25(17)19)20-7-4-5-10-22(20)29(23,2)3/h4-15H,1-3H3/i1D3. The molecule has 140 valence electrons. The highest BCUT2D eigenvalue weighted by Gasteiger charge is 2.39. The first kappa shape index (κ1) is 13.9. The lowest BCUT2D eigenvalue weighted by molar-refractivity contribution is 0.671. The summed E-state index contributed by atoms with van der Waals surface area (Å²) in [6, 6.07) is 22.3. The molecule has 0 saturated heterocycles. The molecule has 0 amide bonds. The van der Waals surface area contributed by atoms with Gasteiger partial charge in [0, 0.05) is 32.2 Å². The van der Waals surface area contributed by atoms with Gasteiger partial charge in [0.25, 0.3) is 0 Å². The molecule has 6 rings (SSSR count). The summed E-state index contributed by atoms with van der Waals surface area (Å²) < 4.78 is 29.9. The lowest BCUT2D eigenvalue weighted by atomic mass is 10.0. The van der Waals surface area contributed by atoms with Crippen LogP contribution in [0, 0.1) is 6.85 Å². The number of aryl methyl sites for hydroxylation is 1. The van der Waals surface area contributed by atoms with Crippen molar-refractivity contribution in [1.29, 1.82) is 0 Å². The van der Waals surface area contributed by atoms with E-state index in [0.29, 0.717) is 5.69 Å². The Balaban J connectivity index is 1.67. The molecule has 0 aliphatic carbocycles. The Morgan fingerprint density at radius 2 is 1.66 bits per heavy atom. The van der Waals surface area contributed by atoms with Crippen molar-refractivity contribution in [3.05, 3.63) is 78.5 Å². The topological polar surface area (TPSA) is 26.0 Å². The van der Waals surface area contributed by atoms with E-state index in [4.69, 9.17) is 8.53 Å². The number of hydrogen-bond donors (Lipinski definition) is 0. The van der Waals surface area contributed by atoms with E-state index in [0.717, 1.165) is 27.5 Å². The van der Waals surface area contributed by atoms with Gasteiger partial charge in [-0.1, -0.05) is 61.6 Å². The van der Waals surface area contributed by atoms with Gasteiger partial charge in [-0.2, -0.15) is 0 Å². The zero-order valence-electron chi connectivity index (χ0n) is 19.3. The van der Waals surface area contributed by atoms with Crippen molar-refractivity contribution < 1.29 is 8.53 Å². The molecule has 0 N–H and O–H groups in total. The van der Waals surface area contributed by atoms with Gasteiger partial charge < -0.3 is 4.42 Å². The Morgan fingerprint density at radius 1 is 0.828 bits per heavy atom. The van der Waals surface area contributed by atoms with Gasteiger partial charge in [-0.25, -0.2) is 0 Å². The first-order valence-corrected chi connectivity index (χ1v) is 12.8. The van der Waals surface area contributed by atoms with E-state index in [1.807, 2.05) is 12.1 Å². The number of aromatic nitrogens is 1. The Hall–Kier alpha value is -3.17. The average Bonchev–Trinajstić information content (AvgIpc) is 3.27. The number of para-hydroxylation sites is 1. The smallest absolute Gasteiger partial charge is 0.144 e. The van der Waals surface area contributed by atoms with Crippen LogP contribution in [0.25, 0.3) is 44.3 Å². The predicted molar refractivity (Wildman–Crippen MR) is 124 cm³/mol. The van der Waals surface area contributed by atoms with Crippen molar-refractivity contribution in [2.24, 2.45) is 0 Å². The predicted octanol–water partition coefficient (Wildman–Crippen LogP) is 5.76. The maximum atomic E-state index is 7.76. The number of rotatable bonds is 1. The highest BCUT2D eigenvalue weighted by Crippen LogP contribution is 2.41. The fourth-order valence-corrected chi connectivity index (χ4v) is 7.88. The number of hydrogen-bond acceptors (Lipinski definition) is 2. The summed E-state index contributed by atoms with van der Waals surface area (Å²) in [4.78, 5) is 4.47. The van der Waals surface area contributed by atoms with Crippen molar-refractivity contribution in [2.45, 2.75) is 19.9 Å². The van der Waals surface area contributed by atoms with Crippen LogP contribution < -0.4 is 10.4 Å². The monoisotopic (exact) mass is 394 g/mol. The maximum Gasteiger partial charge on any atom is 0.144 e. The number of fused-ring (bicyclic) bond motifs is 7. The molecule has 5 aromatic rings. The molecule has 0 bridgehead atoms. The first-order valence-electron chi connectivity index (χ1n) is 11.3. The van der Waals surface area contributed by atoms with E-state index in [1.165, 1.54) is 21.5 Å². The minimum absolute atomic E-state index is 0.276. The second-order valence-corrected chi connectivity index (χ2v) is 12.6. The van der Waals surface area contributed by atoms with Crippen LogP contribution in [0.15, 0.2) is 77.3 Å². The quantitative estimate of drug-likeness (QED) is 0.338. The van der Waals surface area contributed by atoms with Crippen molar-refractivity contribution >= 4 is 40.4 Å². The van der Waals surface area contributed by atoms with Crippen LogP contribution in [0.1, 0.15) is 9.68 Å². The van der Waals surface area contributed by atoms with Crippen molar-refractivity contribution in [3.8, 4) is 22.4 Å². The zero-order chi connectivity index (χ0) is 22.3. The van der Waals surface area contributed by atoms with Gasteiger partial charge >= 0.3 is 0 Å². The molecule has 0 radical (unpaired) electrons. The first-order chi connectivity index (χ1) is 15.3. The molecule has 29 heavy (non-hydrogen) atoms. The largest absolute Gasteiger partial charge is 0.455 e. The van der Waals surface area contributed by atoms with Crippen molar-refractivity contribution in [1.82, 2.24) is 4.98 Å². The number of pyridine rings is 1. The van der Waals surface area contributed by atoms with Crippen LogP contribution in [-0.4, -0.2) is 13.1 Å². The van der Waals surface area contributed by atoms with Crippen molar-refractivity contribution in [3.63, 3.8) is 0 Å². The second kappa shape index (κ2) is 5.68. The van der Waals surface area contributed by atoms with Crippen LogP contribution >= 0.6 is 0 Å². The Labute approximate surface area is 175 Å². The summed E-state index contributed by atoms with van der Waals surface area (Å²) in [5.74, 6) is 0. The van der Waals surface area contributed by atoms with Gasteiger partial charge in [0.15, 0.2) is 0 Å². The minimum atomic E-state index is -2.18. The van der Waals surface area contributed by atoms with Gasteiger partial charge in [-0.15, -0.1) is 0 Å². The average molecular weight is 395 g/mol. The molecule has 2 nitrogen and oxygen atoms in total. The fraction of sp³-hybridized carbons (Fsp3) is 0.115. The van der Waals surface area contributed by atoms with Crippen LogP contribution in [-0.2, 0) is 0 Å². The third kappa shape index (κ3) is 2.19. The van der Waals surface area contributed by atoms with Gasteiger partial charge in [-0.3, -0.25) is 4.98 Å². The lowest BCUT2D eigenvalue weighted by Gasteiger charge is -2.18. The molecule has 1 aliphatic heterocycles. The van der Waals surface area contributed by atoms with E-state index in [9.17, 15) is 0 Å². The molecular formula is C26H21NOSi. The SMILES string of the molecule is [2H]C([2H])([2H])c1ccnc(-c2cccc3c2oc2c4c(ccc23)[Si](C)(C)c2ccccc2-4)c1. The molecule has 0 atom stereocenters. The van der Waals surface area contributed by atoms with E-state index < -0.39 is 14.9 Å². The van der Waals surface area contributed by atoms with Gasteiger partial charge in [0.05, 0.1) is 5.69 Å². The summed E-state index contributed by atoms with van der Waals surface area (Å²) in [5, 5.41) is 4.93. The number of furan rings is 1. The lowest BCUT2D eigenvalue weighted by Crippen LogP contribution is -2.49. The van der Waals surface area contributed by atoms with Crippen LogP contribution in [0.3, 0.4) is 0 Å². The number of benzene rings is 3. The van der Waals surface area contributed by atoms with E-state index >= 15 is 0 Å². The Morgan fingerprint density at radius 3 is 2.55 bits per heavy atom. The highest BCUT2D eigenvalue weighted by atomic mass is 28.3. The Kier molecular flexibility index (Phi) is 2.72. The second-order valence-electron chi connectivity index (χ2n) is 8.25. The fourth-order valence-electron chi connectivity index (χ4n) is 4.82. The molecule has 0 spiro atoms.